The number of halogens is 2. The topological polar surface area (TPSA) is 60.2 Å². The fourth-order valence-corrected chi connectivity index (χ4v) is 3.52. The molecule has 0 aromatic heterocycles. The number of hydrogen-bond donors (Lipinski definition) is 1. The van der Waals surface area contributed by atoms with E-state index >= 15 is 0 Å². The number of sulfonamides is 1. The van der Waals surface area contributed by atoms with Crippen molar-refractivity contribution in [2.24, 2.45) is 5.14 Å². The second kappa shape index (κ2) is 3.60. The molecule has 3 nitrogen and oxygen atoms in total. The van der Waals surface area contributed by atoms with E-state index in [9.17, 15) is 8.42 Å². The van der Waals surface area contributed by atoms with Crippen LogP contribution in [0.5, 0.6) is 0 Å². The van der Waals surface area contributed by atoms with Crippen LogP contribution < -0.4 is 5.14 Å². The first-order valence-corrected chi connectivity index (χ1v) is 6.31. The fraction of sp³-hybridized carbons (Fsp3) is 0. The van der Waals surface area contributed by atoms with Crippen LogP contribution in [0.3, 0.4) is 0 Å². The summed E-state index contributed by atoms with van der Waals surface area (Å²) in [6.07, 6.45) is 0. The predicted octanol–water partition coefficient (Wildman–Crippen LogP) is 1.70. The monoisotopic (exact) mass is 361 g/mol. The summed E-state index contributed by atoms with van der Waals surface area (Å²) in [5.74, 6) is 0. The van der Waals surface area contributed by atoms with Crippen LogP contribution in [0.1, 0.15) is 0 Å². The zero-order valence-electron chi connectivity index (χ0n) is 5.79. The lowest BCUT2D eigenvalue weighted by molar-refractivity contribution is 0.597. The lowest BCUT2D eigenvalue weighted by atomic mass is 10.4. The van der Waals surface area contributed by atoms with E-state index in [0.717, 1.165) is 4.47 Å². The molecule has 2 N–H and O–H groups in total. The van der Waals surface area contributed by atoms with Crippen LogP contribution in [-0.4, -0.2) is 8.42 Å². The first kappa shape index (κ1) is 10.4. The third-order valence-electron chi connectivity index (χ3n) is 1.20. The first-order valence-electron chi connectivity index (χ1n) is 2.89. The van der Waals surface area contributed by atoms with Gasteiger partial charge in [-0.05, 0) is 40.8 Å². The molecule has 0 radical (unpaired) electrons. The maximum Gasteiger partial charge on any atom is 0.239 e. The molecule has 0 aliphatic rings. The normalized spacial score (nSPS) is 11.6. The maximum absolute atomic E-state index is 10.9. The Balaban J connectivity index is 3.39. The van der Waals surface area contributed by atoms with Crippen LogP contribution in [0, 0.1) is 3.57 Å². The summed E-state index contributed by atoms with van der Waals surface area (Å²) in [7, 11) is -3.58. The van der Waals surface area contributed by atoms with Gasteiger partial charge in [0.2, 0.25) is 10.0 Å². The van der Waals surface area contributed by atoms with Gasteiger partial charge in [0.1, 0.15) is 0 Å². The van der Waals surface area contributed by atoms with Crippen molar-refractivity contribution in [3.8, 4) is 0 Å². The van der Waals surface area contributed by atoms with Gasteiger partial charge in [-0.25, -0.2) is 13.6 Å². The molecule has 0 bridgehead atoms. The summed E-state index contributed by atoms with van der Waals surface area (Å²) in [6.45, 7) is 0. The van der Waals surface area contributed by atoms with Gasteiger partial charge in [-0.15, -0.1) is 0 Å². The second-order valence-corrected chi connectivity index (χ2v) is 5.73. The summed E-state index contributed by atoms with van der Waals surface area (Å²) in [5, 5.41) is 4.96. The highest BCUT2D eigenvalue weighted by Crippen LogP contribution is 2.20. The number of hydrogen-bond acceptors (Lipinski definition) is 2. The molecule has 0 unspecified atom stereocenters. The van der Waals surface area contributed by atoms with E-state index in [1.807, 2.05) is 22.6 Å². The van der Waals surface area contributed by atoms with Gasteiger partial charge < -0.3 is 0 Å². The second-order valence-electron chi connectivity index (χ2n) is 2.12. The van der Waals surface area contributed by atoms with Gasteiger partial charge in [0.25, 0.3) is 0 Å². The number of primary sulfonamides is 1. The van der Waals surface area contributed by atoms with Gasteiger partial charge in [0.05, 0.1) is 4.90 Å². The van der Waals surface area contributed by atoms with Gasteiger partial charge in [0.15, 0.2) is 0 Å². The van der Waals surface area contributed by atoms with E-state index in [-0.39, 0.29) is 4.90 Å². The van der Waals surface area contributed by atoms with Crippen LogP contribution in [0.4, 0.5) is 0 Å². The quantitative estimate of drug-likeness (QED) is 0.774. The molecule has 0 aliphatic heterocycles. The molecule has 0 amide bonds. The Bertz CT molecular complexity index is 404. The summed E-state index contributed by atoms with van der Waals surface area (Å²) in [4.78, 5) is 0.159. The Hall–Kier alpha value is 0.340. The van der Waals surface area contributed by atoms with Gasteiger partial charge in [-0.1, -0.05) is 15.9 Å². The van der Waals surface area contributed by atoms with Crippen molar-refractivity contribution in [1.29, 1.82) is 0 Å². The van der Waals surface area contributed by atoms with Crippen LogP contribution in [-0.2, 0) is 10.0 Å². The van der Waals surface area contributed by atoms with Crippen molar-refractivity contribution in [2.75, 3.05) is 0 Å². The van der Waals surface area contributed by atoms with E-state index < -0.39 is 10.0 Å². The van der Waals surface area contributed by atoms with E-state index in [4.69, 9.17) is 5.14 Å². The molecule has 0 spiro atoms. The van der Waals surface area contributed by atoms with Crippen LogP contribution in [0.15, 0.2) is 27.6 Å². The van der Waals surface area contributed by atoms with Crippen molar-refractivity contribution >= 4 is 48.5 Å². The Morgan fingerprint density at radius 2 is 2.00 bits per heavy atom. The third kappa shape index (κ3) is 2.41. The minimum atomic E-state index is -3.58. The standard InChI is InChI=1S/C6H5BrINO2S/c7-4-1-2-6(5(8)3-4)12(9,10)11/h1-3H,(H2,9,10,11). The molecule has 0 saturated carbocycles. The van der Waals surface area contributed by atoms with E-state index in [1.54, 1.807) is 12.1 Å². The van der Waals surface area contributed by atoms with E-state index in [1.165, 1.54) is 6.07 Å². The number of nitrogens with two attached hydrogens (primary N) is 1. The maximum atomic E-state index is 10.9. The molecular formula is C6H5BrINO2S. The van der Waals surface area contributed by atoms with Crippen molar-refractivity contribution < 1.29 is 8.42 Å². The summed E-state index contributed by atoms with van der Waals surface area (Å²) < 4.78 is 23.3. The summed E-state index contributed by atoms with van der Waals surface area (Å²) >= 11 is 5.14. The Kier molecular flexibility index (Phi) is 3.13. The Labute approximate surface area is 92.7 Å². The highest BCUT2D eigenvalue weighted by Gasteiger charge is 2.11. The average molecular weight is 362 g/mol. The molecule has 1 rings (SSSR count). The third-order valence-corrected chi connectivity index (χ3v) is 3.92. The zero-order valence-corrected chi connectivity index (χ0v) is 10.4. The Morgan fingerprint density at radius 1 is 1.42 bits per heavy atom. The van der Waals surface area contributed by atoms with Gasteiger partial charge in [0, 0.05) is 8.04 Å². The molecule has 66 valence electrons. The first-order chi connectivity index (χ1) is 5.41. The fourth-order valence-electron chi connectivity index (χ4n) is 0.706. The molecule has 0 fully saturated rings. The highest BCUT2D eigenvalue weighted by atomic mass is 127. The predicted molar refractivity (Wildman–Crippen MR) is 58.2 cm³/mol. The lowest BCUT2D eigenvalue weighted by Crippen LogP contribution is -2.13. The summed E-state index contributed by atoms with van der Waals surface area (Å²) in [6, 6.07) is 4.81. The highest BCUT2D eigenvalue weighted by molar-refractivity contribution is 14.1. The van der Waals surface area contributed by atoms with Crippen molar-refractivity contribution in [1.82, 2.24) is 0 Å². The zero-order chi connectivity index (χ0) is 9.35. The van der Waals surface area contributed by atoms with E-state index in [0.29, 0.717) is 3.57 Å². The van der Waals surface area contributed by atoms with Gasteiger partial charge in [-0.2, -0.15) is 0 Å². The molecule has 1 aromatic rings. The lowest BCUT2D eigenvalue weighted by Gasteiger charge is -2.00. The molecule has 0 aliphatic carbocycles. The molecule has 0 heterocycles. The van der Waals surface area contributed by atoms with Crippen molar-refractivity contribution in [2.45, 2.75) is 4.90 Å². The molecule has 12 heavy (non-hydrogen) atoms. The van der Waals surface area contributed by atoms with E-state index in [2.05, 4.69) is 15.9 Å². The van der Waals surface area contributed by atoms with Crippen molar-refractivity contribution in [3.05, 3.63) is 26.2 Å². The van der Waals surface area contributed by atoms with Gasteiger partial charge in [-0.3, -0.25) is 0 Å². The molecule has 6 heteroatoms. The number of benzene rings is 1. The minimum absolute atomic E-state index is 0.159. The van der Waals surface area contributed by atoms with Crippen LogP contribution >= 0.6 is 38.5 Å². The van der Waals surface area contributed by atoms with Crippen molar-refractivity contribution in [3.63, 3.8) is 0 Å². The smallest absolute Gasteiger partial charge is 0.225 e. The molecule has 0 atom stereocenters. The average Bonchev–Trinajstić information content (AvgIpc) is 1.83. The van der Waals surface area contributed by atoms with Crippen LogP contribution in [0.2, 0.25) is 0 Å². The summed E-state index contributed by atoms with van der Waals surface area (Å²) in [5.41, 5.74) is 0. The number of rotatable bonds is 1. The minimum Gasteiger partial charge on any atom is -0.225 e. The van der Waals surface area contributed by atoms with Crippen LogP contribution in [0.25, 0.3) is 0 Å². The Morgan fingerprint density at radius 3 is 2.42 bits per heavy atom. The molecular weight excluding hydrogens is 357 g/mol. The molecule has 1 aromatic carbocycles. The van der Waals surface area contributed by atoms with Gasteiger partial charge >= 0.3 is 0 Å². The molecule has 0 saturated heterocycles. The largest absolute Gasteiger partial charge is 0.239 e. The SMILES string of the molecule is NS(=O)(=O)c1ccc(Br)cc1I.